The highest BCUT2D eigenvalue weighted by Crippen LogP contribution is 2.37. The van der Waals surface area contributed by atoms with Gasteiger partial charge in [0.1, 0.15) is 11.6 Å². The minimum absolute atomic E-state index is 0.0121. The number of hydrogen-bond donors (Lipinski definition) is 1. The molecule has 2 unspecified atom stereocenters. The van der Waals surface area contributed by atoms with Crippen LogP contribution in [0.5, 0.6) is 0 Å². The van der Waals surface area contributed by atoms with E-state index >= 15 is 0 Å². The molecule has 1 aliphatic carbocycles. The van der Waals surface area contributed by atoms with Crippen LogP contribution in [-0.4, -0.2) is 31.1 Å². The van der Waals surface area contributed by atoms with Crippen molar-refractivity contribution in [2.24, 2.45) is 5.92 Å². The molecule has 1 N–H and O–H groups in total. The number of nitrogens with zero attached hydrogens (tertiary/aromatic N) is 1. The van der Waals surface area contributed by atoms with E-state index in [0.29, 0.717) is 17.5 Å². The highest BCUT2D eigenvalue weighted by molar-refractivity contribution is 5.24. The van der Waals surface area contributed by atoms with Crippen molar-refractivity contribution in [1.29, 1.82) is 0 Å². The molecule has 104 valence electrons. The Morgan fingerprint density at radius 3 is 2.79 bits per heavy atom. The summed E-state index contributed by atoms with van der Waals surface area (Å²) in [4.78, 5) is 2.14. The maximum atomic E-state index is 14.0. The number of benzene rings is 1. The highest BCUT2D eigenvalue weighted by atomic mass is 19.1. The van der Waals surface area contributed by atoms with Crippen molar-refractivity contribution in [3.05, 3.63) is 35.4 Å². The van der Waals surface area contributed by atoms with Gasteiger partial charge in [0.2, 0.25) is 0 Å². The van der Waals surface area contributed by atoms with E-state index in [4.69, 9.17) is 0 Å². The molecule has 3 rings (SSSR count). The van der Waals surface area contributed by atoms with Gasteiger partial charge in [0, 0.05) is 24.2 Å². The average molecular weight is 266 g/mol. The molecule has 1 aromatic carbocycles. The zero-order valence-electron chi connectivity index (χ0n) is 11.2. The zero-order chi connectivity index (χ0) is 13.4. The summed E-state index contributed by atoms with van der Waals surface area (Å²) in [5, 5.41) is 3.51. The Kier molecular flexibility index (Phi) is 3.54. The lowest BCUT2D eigenvalue weighted by Crippen LogP contribution is -2.30. The second-order valence-corrected chi connectivity index (χ2v) is 5.82. The van der Waals surface area contributed by atoms with E-state index in [0.717, 1.165) is 19.5 Å². The van der Waals surface area contributed by atoms with E-state index in [-0.39, 0.29) is 17.7 Å². The molecule has 2 nitrogen and oxygen atoms in total. The molecular formula is C15H20F2N2. The molecule has 0 amide bonds. The van der Waals surface area contributed by atoms with Crippen LogP contribution in [0.1, 0.15) is 30.9 Å². The monoisotopic (exact) mass is 266 g/mol. The lowest BCUT2D eigenvalue weighted by atomic mass is 9.93. The maximum absolute atomic E-state index is 14.0. The van der Waals surface area contributed by atoms with Gasteiger partial charge in [-0.05, 0) is 57.0 Å². The Balaban J connectivity index is 1.79. The first-order valence-corrected chi connectivity index (χ1v) is 7.03. The molecule has 1 aliphatic heterocycles. The summed E-state index contributed by atoms with van der Waals surface area (Å²) in [5.74, 6) is -0.288. The molecule has 0 bridgehead atoms. The number of halogens is 2. The van der Waals surface area contributed by atoms with Gasteiger partial charge < -0.3 is 5.32 Å². The van der Waals surface area contributed by atoms with Gasteiger partial charge in [-0.1, -0.05) is 0 Å². The van der Waals surface area contributed by atoms with Crippen molar-refractivity contribution >= 4 is 0 Å². The topological polar surface area (TPSA) is 15.3 Å². The molecule has 1 saturated carbocycles. The van der Waals surface area contributed by atoms with Crippen LogP contribution in [0.15, 0.2) is 18.2 Å². The van der Waals surface area contributed by atoms with Crippen molar-refractivity contribution in [1.82, 2.24) is 10.2 Å². The zero-order valence-corrected chi connectivity index (χ0v) is 11.2. The summed E-state index contributed by atoms with van der Waals surface area (Å²) >= 11 is 0. The van der Waals surface area contributed by atoms with Crippen LogP contribution in [0.4, 0.5) is 8.78 Å². The fourth-order valence-electron chi connectivity index (χ4n) is 3.08. The van der Waals surface area contributed by atoms with Crippen LogP contribution < -0.4 is 5.32 Å². The SMILES string of the molecule is CN1CCC(CNC2CC2)C1c1cc(F)ccc1F. The van der Waals surface area contributed by atoms with Gasteiger partial charge in [0.15, 0.2) is 0 Å². The van der Waals surface area contributed by atoms with E-state index in [1.807, 2.05) is 7.05 Å². The third-order valence-corrected chi connectivity index (χ3v) is 4.30. The molecule has 2 fully saturated rings. The quantitative estimate of drug-likeness (QED) is 0.901. The fourth-order valence-corrected chi connectivity index (χ4v) is 3.08. The maximum Gasteiger partial charge on any atom is 0.128 e. The average Bonchev–Trinajstić information content (AvgIpc) is 3.14. The second kappa shape index (κ2) is 5.17. The van der Waals surface area contributed by atoms with E-state index in [1.165, 1.54) is 31.0 Å². The first kappa shape index (κ1) is 13.0. The molecule has 0 aromatic heterocycles. The predicted molar refractivity (Wildman–Crippen MR) is 70.9 cm³/mol. The smallest absolute Gasteiger partial charge is 0.128 e. The summed E-state index contributed by atoms with van der Waals surface area (Å²) < 4.78 is 27.3. The van der Waals surface area contributed by atoms with Gasteiger partial charge in [0.25, 0.3) is 0 Å². The number of rotatable bonds is 4. The Bertz CT molecular complexity index is 459. The molecular weight excluding hydrogens is 246 g/mol. The molecule has 2 atom stereocenters. The van der Waals surface area contributed by atoms with Crippen LogP contribution in [0, 0.1) is 17.6 Å². The number of hydrogen-bond acceptors (Lipinski definition) is 2. The van der Waals surface area contributed by atoms with Crippen LogP contribution in [0.25, 0.3) is 0 Å². The summed E-state index contributed by atoms with van der Waals surface area (Å²) in [7, 11) is 1.99. The van der Waals surface area contributed by atoms with Gasteiger partial charge >= 0.3 is 0 Å². The van der Waals surface area contributed by atoms with Gasteiger partial charge in [-0.3, -0.25) is 4.90 Å². The van der Waals surface area contributed by atoms with Crippen LogP contribution >= 0.6 is 0 Å². The molecule has 4 heteroatoms. The minimum atomic E-state index is -0.356. The van der Waals surface area contributed by atoms with Gasteiger partial charge in [-0.15, -0.1) is 0 Å². The molecule has 1 heterocycles. The summed E-state index contributed by atoms with van der Waals surface area (Å²) in [5.41, 5.74) is 0.502. The van der Waals surface area contributed by atoms with Crippen molar-refractivity contribution < 1.29 is 8.78 Å². The molecule has 1 saturated heterocycles. The van der Waals surface area contributed by atoms with Crippen molar-refractivity contribution in [2.75, 3.05) is 20.1 Å². The molecule has 2 aliphatic rings. The largest absolute Gasteiger partial charge is 0.314 e. The van der Waals surface area contributed by atoms with Gasteiger partial charge in [-0.2, -0.15) is 0 Å². The normalized spacial score (nSPS) is 27.9. The van der Waals surface area contributed by atoms with Crippen molar-refractivity contribution in [2.45, 2.75) is 31.3 Å². The predicted octanol–water partition coefficient (Wildman–Crippen LogP) is 2.71. The standard InChI is InChI=1S/C15H20F2N2/c1-19-7-6-10(9-18-12-3-4-12)15(19)13-8-11(16)2-5-14(13)17/h2,5,8,10,12,15,18H,3-4,6-7,9H2,1H3. The molecule has 0 radical (unpaired) electrons. The summed E-state index contributed by atoms with van der Waals surface area (Å²) in [6.45, 7) is 1.84. The Hall–Kier alpha value is -1.00. The van der Waals surface area contributed by atoms with E-state index in [1.54, 1.807) is 0 Å². The van der Waals surface area contributed by atoms with Gasteiger partial charge in [-0.25, -0.2) is 8.78 Å². The minimum Gasteiger partial charge on any atom is -0.314 e. The Morgan fingerprint density at radius 2 is 2.05 bits per heavy atom. The molecule has 1 aromatic rings. The van der Waals surface area contributed by atoms with Crippen LogP contribution in [0.3, 0.4) is 0 Å². The number of likely N-dealkylation sites (tertiary alicyclic amines) is 1. The highest BCUT2D eigenvalue weighted by Gasteiger charge is 2.35. The lowest BCUT2D eigenvalue weighted by Gasteiger charge is -2.26. The van der Waals surface area contributed by atoms with E-state index in [2.05, 4.69) is 10.2 Å². The first-order valence-electron chi connectivity index (χ1n) is 7.03. The third-order valence-electron chi connectivity index (χ3n) is 4.30. The van der Waals surface area contributed by atoms with E-state index < -0.39 is 0 Å². The summed E-state index contributed by atoms with van der Waals surface area (Å²) in [6, 6.07) is 4.42. The number of nitrogens with one attached hydrogen (secondary N) is 1. The van der Waals surface area contributed by atoms with Gasteiger partial charge in [0.05, 0.1) is 0 Å². The third kappa shape index (κ3) is 2.79. The van der Waals surface area contributed by atoms with E-state index in [9.17, 15) is 8.78 Å². The Morgan fingerprint density at radius 1 is 1.26 bits per heavy atom. The fraction of sp³-hybridized carbons (Fsp3) is 0.600. The van der Waals surface area contributed by atoms with Crippen LogP contribution in [-0.2, 0) is 0 Å². The van der Waals surface area contributed by atoms with Crippen molar-refractivity contribution in [3.8, 4) is 0 Å². The first-order chi connectivity index (χ1) is 9.15. The van der Waals surface area contributed by atoms with Crippen LogP contribution in [0.2, 0.25) is 0 Å². The summed E-state index contributed by atoms with van der Waals surface area (Å²) in [6.07, 6.45) is 3.54. The molecule has 0 spiro atoms. The Labute approximate surface area is 112 Å². The van der Waals surface area contributed by atoms with Crippen molar-refractivity contribution in [3.63, 3.8) is 0 Å². The second-order valence-electron chi connectivity index (χ2n) is 5.82. The molecule has 19 heavy (non-hydrogen) atoms. The lowest BCUT2D eigenvalue weighted by molar-refractivity contribution is 0.264.